The minimum Gasteiger partial charge on any atom is -0.491 e. The van der Waals surface area contributed by atoms with E-state index in [9.17, 15) is 4.79 Å². The molecule has 8 heteroatoms. The molecular weight excluding hydrogens is 474 g/mol. The van der Waals surface area contributed by atoms with Gasteiger partial charge in [-0.15, -0.1) is 12.4 Å². The van der Waals surface area contributed by atoms with E-state index in [1.165, 1.54) is 11.3 Å². The molecule has 1 heterocycles. The first-order valence-corrected chi connectivity index (χ1v) is 10.7. The number of amides is 1. The van der Waals surface area contributed by atoms with Crippen molar-refractivity contribution in [2.45, 2.75) is 20.0 Å². The molecule has 1 aromatic heterocycles. The van der Waals surface area contributed by atoms with E-state index in [0.29, 0.717) is 17.2 Å². The van der Waals surface area contributed by atoms with Crippen LogP contribution < -0.4 is 9.64 Å². The summed E-state index contributed by atoms with van der Waals surface area (Å²) in [5, 5.41) is 0.711. The van der Waals surface area contributed by atoms with E-state index in [2.05, 4.69) is 20.8 Å². The minimum atomic E-state index is -0.0592. The Morgan fingerprint density at radius 3 is 2.45 bits per heavy atom. The van der Waals surface area contributed by atoms with E-state index in [0.717, 1.165) is 27.0 Å². The summed E-state index contributed by atoms with van der Waals surface area (Å²) < 4.78 is 7.73. The number of carbonyl (C=O) groups excluding carboxylic acids is 1. The second kappa shape index (κ2) is 10.4. The zero-order valence-electron chi connectivity index (χ0n) is 16.9. The van der Waals surface area contributed by atoms with Gasteiger partial charge in [-0.1, -0.05) is 27.3 Å². The van der Waals surface area contributed by atoms with Crippen LogP contribution in [0.25, 0.3) is 10.2 Å². The number of halogens is 2. The summed E-state index contributed by atoms with van der Waals surface area (Å²) in [7, 11) is 3.99. The highest BCUT2D eigenvalue weighted by Crippen LogP contribution is 2.31. The number of hydrogen-bond donors (Lipinski definition) is 0. The molecule has 29 heavy (non-hydrogen) atoms. The number of ether oxygens (including phenoxy) is 1. The quantitative estimate of drug-likeness (QED) is 0.433. The summed E-state index contributed by atoms with van der Waals surface area (Å²) in [5.41, 5.74) is 1.52. The molecule has 5 nitrogen and oxygen atoms in total. The lowest BCUT2D eigenvalue weighted by Gasteiger charge is -2.22. The monoisotopic (exact) mass is 497 g/mol. The summed E-state index contributed by atoms with van der Waals surface area (Å²) in [6, 6.07) is 13.3. The number of carbonyl (C=O) groups is 1. The number of aromatic nitrogens is 1. The minimum absolute atomic E-state index is 0. The molecule has 0 saturated heterocycles. The SMILES string of the molecule is CC(C)Oc1ccc(C(=O)N(CCN(C)C)c2nc3ccc(Br)cc3s2)cc1.Cl. The topological polar surface area (TPSA) is 45.7 Å². The lowest BCUT2D eigenvalue weighted by atomic mass is 10.2. The summed E-state index contributed by atoms with van der Waals surface area (Å²) in [6.45, 7) is 5.28. The number of fused-ring (bicyclic) bond motifs is 1. The van der Waals surface area contributed by atoms with Crippen molar-refractivity contribution in [1.29, 1.82) is 0 Å². The van der Waals surface area contributed by atoms with Crippen molar-refractivity contribution in [3.8, 4) is 5.75 Å². The molecule has 0 spiro atoms. The second-order valence-corrected chi connectivity index (χ2v) is 8.98. The number of benzene rings is 2. The fraction of sp³-hybridized carbons (Fsp3) is 0.333. The lowest BCUT2D eigenvalue weighted by molar-refractivity contribution is 0.0985. The van der Waals surface area contributed by atoms with E-state index in [-0.39, 0.29) is 24.4 Å². The Morgan fingerprint density at radius 1 is 1.14 bits per heavy atom. The molecule has 0 aliphatic heterocycles. The summed E-state index contributed by atoms with van der Waals surface area (Å²) in [5.74, 6) is 0.701. The predicted molar refractivity (Wildman–Crippen MR) is 127 cm³/mol. The van der Waals surface area contributed by atoms with Gasteiger partial charge in [0.05, 0.1) is 16.3 Å². The van der Waals surface area contributed by atoms with Crippen LogP contribution in [-0.4, -0.2) is 49.1 Å². The van der Waals surface area contributed by atoms with E-state index in [4.69, 9.17) is 9.72 Å². The average molecular weight is 499 g/mol. The molecular formula is C21H25BrClN3O2S. The fourth-order valence-electron chi connectivity index (χ4n) is 2.69. The van der Waals surface area contributed by atoms with Crippen LogP contribution in [0.5, 0.6) is 5.75 Å². The van der Waals surface area contributed by atoms with Crippen LogP contribution in [0.15, 0.2) is 46.9 Å². The van der Waals surface area contributed by atoms with Crippen LogP contribution in [0.3, 0.4) is 0 Å². The molecule has 0 atom stereocenters. The van der Waals surface area contributed by atoms with Gasteiger partial charge in [0.25, 0.3) is 5.91 Å². The molecule has 0 unspecified atom stereocenters. The maximum atomic E-state index is 13.3. The van der Waals surface area contributed by atoms with Crippen molar-refractivity contribution in [2.24, 2.45) is 0 Å². The van der Waals surface area contributed by atoms with Crippen LogP contribution in [-0.2, 0) is 0 Å². The highest BCUT2D eigenvalue weighted by Gasteiger charge is 2.21. The Balaban J connectivity index is 0.00000300. The van der Waals surface area contributed by atoms with Crippen molar-refractivity contribution in [1.82, 2.24) is 9.88 Å². The summed E-state index contributed by atoms with van der Waals surface area (Å²) >= 11 is 5.02. The molecule has 0 aliphatic rings. The molecule has 0 bridgehead atoms. The third-order valence-corrected chi connectivity index (χ3v) is 5.59. The standard InChI is InChI=1S/C21H24BrN3O2S.ClH/c1-14(2)27-17-8-5-15(6-9-17)20(26)25(12-11-24(3)4)21-23-18-10-7-16(22)13-19(18)28-21;/h5-10,13-14H,11-12H2,1-4H3;1H. The third kappa shape index (κ3) is 6.15. The smallest absolute Gasteiger partial charge is 0.260 e. The fourth-order valence-corrected chi connectivity index (χ4v) is 4.23. The zero-order valence-corrected chi connectivity index (χ0v) is 20.1. The molecule has 2 aromatic carbocycles. The number of thiazole rings is 1. The van der Waals surface area contributed by atoms with Gasteiger partial charge in [0, 0.05) is 23.1 Å². The molecule has 0 radical (unpaired) electrons. The molecule has 0 fully saturated rings. The van der Waals surface area contributed by atoms with Crippen molar-refractivity contribution >= 4 is 60.9 Å². The zero-order chi connectivity index (χ0) is 20.3. The first-order valence-electron chi connectivity index (χ1n) is 9.13. The Kier molecular flexibility index (Phi) is 8.46. The van der Waals surface area contributed by atoms with Crippen molar-refractivity contribution in [2.75, 3.05) is 32.1 Å². The number of hydrogen-bond acceptors (Lipinski definition) is 5. The molecule has 0 N–H and O–H groups in total. The average Bonchev–Trinajstić information content (AvgIpc) is 3.04. The van der Waals surface area contributed by atoms with Crippen molar-refractivity contribution < 1.29 is 9.53 Å². The molecule has 156 valence electrons. The van der Waals surface area contributed by atoms with Gasteiger partial charge in [-0.05, 0) is 70.4 Å². The molecule has 1 amide bonds. The molecule has 3 aromatic rings. The van der Waals surface area contributed by atoms with Gasteiger partial charge in [-0.3, -0.25) is 9.69 Å². The van der Waals surface area contributed by atoms with Crippen LogP contribution in [0.1, 0.15) is 24.2 Å². The Hall–Kier alpha value is -1.67. The molecule has 0 aliphatic carbocycles. The number of anilines is 1. The number of likely N-dealkylation sites (N-methyl/N-ethyl adjacent to an activating group) is 1. The van der Waals surface area contributed by atoms with Crippen LogP contribution >= 0.6 is 39.7 Å². The highest BCUT2D eigenvalue weighted by atomic mass is 79.9. The number of rotatable bonds is 7. The maximum Gasteiger partial charge on any atom is 0.260 e. The highest BCUT2D eigenvalue weighted by molar-refractivity contribution is 9.10. The van der Waals surface area contributed by atoms with E-state index in [1.807, 2.05) is 70.4 Å². The van der Waals surface area contributed by atoms with Gasteiger partial charge in [-0.2, -0.15) is 0 Å². The normalized spacial score (nSPS) is 11.0. The van der Waals surface area contributed by atoms with Gasteiger partial charge in [0.1, 0.15) is 5.75 Å². The summed E-state index contributed by atoms with van der Waals surface area (Å²) in [4.78, 5) is 21.8. The molecule has 3 rings (SSSR count). The van der Waals surface area contributed by atoms with E-state index in [1.54, 1.807) is 4.90 Å². The Bertz CT molecular complexity index is 960. The second-order valence-electron chi connectivity index (χ2n) is 7.06. The van der Waals surface area contributed by atoms with Crippen molar-refractivity contribution in [3.05, 3.63) is 52.5 Å². The Labute approximate surface area is 190 Å². The first kappa shape index (κ1) is 23.6. The van der Waals surface area contributed by atoms with E-state index < -0.39 is 0 Å². The van der Waals surface area contributed by atoms with Gasteiger partial charge in [-0.25, -0.2) is 4.98 Å². The summed E-state index contributed by atoms with van der Waals surface area (Å²) in [6.07, 6.45) is 0.0974. The van der Waals surface area contributed by atoms with Gasteiger partial charge >= 0.3 is 0 Å². The first-order chi connectivity index (χ1) is 13.3. The van der Waals surface area contributed by atoms with Crippen LogP contribution in [0, 0.1) is 0 Å². The lowest BCUT2D eigenvalue weighted by Crippen LogP contribution is -2.36. The van der Waals surface area contributed by atoms with Crippen LogP contribution in [0.2, 0.25) is 0 Å². The molecule has 0 saturated carbocycles. The predicted octanol–water partition coefficient (Wildman–Crippen LogP) is 5.48. The maximum absolute atomic E-state index is 13.3. The van der Waals surface area contributed by atoms with Crippen LogP contribution in [0.4, 0.5) is 5.13 Å². The third-order valence-electron chi connectivity index (χ3n) is 4.06. The largest absolute Gasteiger partial charge is 0.491 e. The van der Waals surface area contributed by atoms with E-state index >= 15 is 0 Å². The number of nitrogens with zero attached hydrogens (tertiary/aromatic N) is 3. The van der Waals surface area contributed by atoms with Gasteiger partial charge in [0.2, 0.25) is 0 Å². The van der Waals surface area contributed by atoms with Crippen molar-refractivity contribution in [3.63, 3.8) is 0 Å². The van der Waals surface area contributed by atoms with Gasteiger partial charge < -0.3 is 9.64 Å². The Morgan fingerprint density at radius 2 is 1.83 bits per heavy atom. The van der Waals surface area contributed by atoms with Gasteiger partial charge in [0.15, 0.2) is 5.13 Å².